The molecular formula is C28H36Cl2N4O3. The summed E-state index contributed by atoms with van der Waals surface area (Å²) < 4.78 is 13.4. The molecule has 1 aliphatic rings. The van der Waals surface area contributed by atoms with Crippen molar-refractivity contribution in [3.63, 3.8) is 0 Å². The maximum Gasteiger partial charge on any atom is 0.276 e. The van der Waals surface area contributed by atoms with Gasteiger partial charge < -0.3 is 14.8 Å². The van der Waals surface area contributed by atoms with Gasteiger partial charge in [0.15, 0.2) is 5.69 Å². The Morgan fingerprint density at radius 3 is 2.51 bits per heavy atom. The SMILES string of the molecule is COc1cc(NC(=O)c2cc(C)n(Cc3cc(Cl)ccc3OCC(C)C)n2)ccc1CN1CCCC1.Cl. The number of nitrogens with zero attached hydrogens (tertiary/aromatic N) is 3. The highest BCUT2D eigenvalue weighted by Crippen LogP contribution is 2.27. The Hall–Kier alpha value is -2.74. The molecule has 1 saturated heterocycles. The Morgan fingerprint density at radius 1 is 1.05 bits per heavy atom. The third-order valence-corrected chi connectivity index (χ3v) is 6.50. The molecule has 2 heterocycles. The summed E-state index contributed by atoms with van der Waals surface area (Å²) >= 11 is 6.25. The molecule has 7 nitrogen and oxygen atoms in total. The second kappa shape index (κ2) is 13.2. The normalized spacial score (nSPS) is 13.5. The van der Waals surface area contributed by atoms with Crippen molar-refractivity contribution >= 4 is 35.6 Å². The molecular weight excluding hydrogens is 511 g/mol. The lowest BCUT2D eigenvalue weighted by atomic mass is 10.1. The second-order valence-electron chi connectivity index (χ2n) is 9.75. The zero-order valence-electron chi connectivity index (χ0n) is 21.9. The highest BCUT2D eigenvalue weighted by atomic mass is 35.5. The van der Waals surface area contributed by atoms with Gasteiger partial charge in [0.1, 0.15) is 11.5 Å². The number of anilines is 1. The van der Waals surface area contributed by atoms with Crippen LogP contribution in [0.15, 0.2) is 42.5 Å². The Bertz CT molecular complexity index is 1210. The molecule has 1 amide bonds. The molecule has 0 radical (unpaired) electrons. The number of nitrogens with one attached hydrogen (secondary N) is 1. The van der Waals surface area contributed by atoms with E-state index < -0.39 is 0 Å². The van der Waals surface area contributed by atoms with Crippen molar-refractivity contribution in [2.45, 2.75) is 46.7 Å². The lowest BCUT2D eigenvalue weighted by molar-refractivity contribution is 0.102. The summed E-state index contributed by atoms with van der Waals surface area (Å²) in [5.41, 5.74) is 3.93. The van der Waals surface area contributed by atoms with Crippen molar-refractivity contribution in [3.05, 3.63) is 70.0 Å². The molecule has 37 heavy (non-hydrogen) atoms. The zero-order chi connectivity index (χ0) is 25.7. The van der Waals surface area contributed by atoms with Crippen molar-refractivity contribution in [1.82, 2.24) is 14.7 Å². The van der Waals surface area contributed by atoms with Gasteiger partial charge in [-0.05, 0) is 69.1 Å². The average Bonchev–Trinajstić information content (AvgIpc) is 3.49. The van der Waals surface area contributed by atoms with Crippen LogP contribution in [-0.4, -0.2) is 47.4 Å². The number of hydrogen-bond donors (Lipinski definition) is 1. The van der Waals surface area contributed by atoms with Crippen LogP contribution in [0.3, 0.4) is 0 Å². The number of carbonyl (C=O) groups is 1. The van der Waals surface area contributed by atoms with Crippen molar-refractivity contribution in [1.29, 1.82) is 0 Å². The zero-order valence-corrected chi connectivity index (χ0v) is 23.5. The van der Waals surface area contributed by atoms with Gasteiger partial charge in [0.2, 0.25) is 0 Å². The largest absolute Gasteiger partial charge is 0.496 e. The van der Waals surface area contributed by atoms with Gasteiger partial charge >= 0.3 is 0 Å². The quantitative estimate of drug-likeness (QED) is 0.327. The van der Waals surface area contributed by atoms with E-state index in [1.807, 2.05) is 43.3 Å². The maximum atomic E-state index is 13.0. The predicted molar refractivity (Wildman–Crippen MR) is 151 cm³/mol. The van der Waals surface area contributed by atoms with Crippen LogP contribution in [0.25, 0.3) is 0 Å². The van der Waals surface area contributed by atoms with E-state index in [1.54, 1.807) is 17.9 Å². The van der Waals surface area contributed by atoms with Gasteiger partial charge in [0.25, 0.3) is 5.91 Å². The number of benzene rings is 2. The third kappa shape index (κ3) is 7.63. The van der Waals surface area contributed by atoms with E-state index in [1.165, 1.54) is 12.8 Å². The molecule has 200 valence electrons. The van der Waals surface area contributed by atoms with Crippen LogP contribution < -0.4 is 14.8 Å². The van der Waals surface area contributed by atoms with Gasteiger partial charge in [-0.2, -0.15) is 5.10 Å². The van der Waals surface area contributed by atoms with Crippen molar-refractivity contribution in [3.8, 4) is 11.5 Å². The summed E-state index contributed by atoms with van der Waals surface area (Å²) in [5, 5.41) is 8.15. The van der Waals surface area contributed by atoms with E-state index in [2.05, 4.69) is 29.2 Å². The molecule has 0 bridgehead atoms. The van der Waals surface area contributed by atoms with Crippen molar-refractivity contribution in [2.75, 3.05) is 32.1 Å². The fraction of sp³-hybridized carbons (Fsp3) is 0.429. The number of halogens is 2. The molecule has 4 rings (SSSR count). The summed E-state index contributed by atoms with van der Waals surface area (Å²) in [6.45, 7) is 10.3. The first kappa shape index (κ1) is 28.8. The van der Waals surface area contributed by atoms with E-state index >= 15 is 0 Å². The topological polar surface area (TPSA) is 68.6 Å². The van der Waals surface area contributed by atoms with Crippen molar-refractivity contribution in [2.24, 2.45) is 5.92 Å². The molecule has 0 unspecified atom stereocenters. The van der Waals surface area contributed by atoms with E-state index in [-0.39, 0.29) is 18.3 Å². The van der Waals surface area contributed by atoms with Crippen LogP contribution in [0.4, 0.5) is 5.69 Å². The Labute approximate surface area is 230 Å². The Morgan fingerprint density at radius 2 is 1.81 bits per heavy atom. The maximum absolute atomic E-state index is 13.0. The number of rotatable bonds is 10. The number of aromatic nitrogens is 2. The van der Waals surface area contributed by atoms with Gasteiger partial charge in [0.05, 0.1) is 20.3 Å². The minimum atomic E-state index is -0.270. The van der Waals surface area contributed by atoms with E-state index in [0.29, 0.717) is 35.5 Å². The smallest absolute Gasteiger partial charge is 0.276 e. The summed E-state index contributed by atoms with van der Waals surface area (Å²) in [6.07, 6.45) is 2.48. The lowest BCUT2D eigenvalue weighted by Gasteiger charge is -2.17. The van der Waals surface area contributed by atoms with Gasteiger partial charge in [-0.3, -0.25) is 14.4 Å². The van der Waals surface area contributed by atoms with Crippen LogP contribution in [-0.2, 0) is 13.1 Å². The lowest BCUT2D eigenvalue weighted by Crippen LogP contribution is -2.19. The first-order chi connectivity index (χ1) is 17.3. The Kier molecular flexibility index (Phi) is 10.3. The monoisotopic (exact) mass is 546 g/mol. The van der Waals surface area contributed by atoms with Gasteiger partial charge in [0, 0.05) is 40.1 Å². The number of amides is 1. The van der Waals surface area contributed by atoms with Gasteiger partial charge in [-0.25, -0.2) is 0 Å². The number of likely N-dealkylation sites (tertiary alicyclic amines) is 1. The third-order valence-electron chi connectivity index (χ3n) is 6.27. The van der Waals surface area contributed by atoms with Crippen LogP contribution in [0.2, 0.25) is 5.02 Å². The minimum absolute atomic E-state index is 0. The highest BCUT2D eigenvalue weighted by molar-refractivity contribution is 6.30. The fourth-order valence-corrected chi connectivity index (χ4v) is 4.54. The first-order valence-corrected chi connectivity index (χ1v) is 12.9. The average molecular weight is 548 g/mol. The van der Waals surface area contributed by atoms with Crippen LogP contribution in [0.5, 0.6) is 11.5 Å². The molecule has 0 saturated carbocycles. The van der Waals surface area contributed by atoms with Gasteiger partial charge in [-0.15, -0.1) is 12.4 Å². The van der Waals surface area contributed by atoms with Gasteiger partial charge in [-0.1, -0.05) is 31.5 Å². The second-order valence-corrected chi connectivity index (χ2v) is 10.2. The molecule has 3 aromatic rings. The Balaban J connectivity index is 0.00000380. The molecule has 1 N–H and O–H groups in total. The fourth-order valence-electron chi connectivity index (χ4n) is 4.34. The summed E-state index contributed by atoms with van der Waals surface area (Å²) in [7, 11) is 1.66. The standard InChI is InChI=1S/C28H35ClN4O3.ClH/c1-19(2)18-36-26-10-8-23(29)14-22(26)17-33-20(3)13-25(31-33)28(34)30-24-9-7-21(27(15-24)35-4)16-32-11-5-6-12-32;/h7-10,13-15,19H,5-6,11-12,16-18H2,1-4H3,(H,30,34);1H. The molecule has 0 aliphatic carbocycles. The van der Waals surface area contributed by atoms with Crippen LogP contribution in [0, 0.1) is 12.8 Å². The first-order valence-electron chi connectivity index (χ1n) is 12.5. The molecule has 0 atom stereocenters. The molecule has 9 heteroatoms. The van der Waals surface area contributed by atoms with Crippen LogP contribution in [0.1, 0.15) is 54.0 Å². The summed E-state index contributed by atoms with van der Waals surface area (Å²) in [6, 6.07) is 13.2. The minimum Gasteiger partial charge on any atom is -0.496 e. The number of ether oxygens (including phenoxy) is 2. The highest BCUT2D eigenvalue weighted by Gasteiger charge is 2.17. The molecule has 1 fully saturated rings. The number of aryl methyl sites for hydroxylation is 1. The number of carbonyl (C=O) groups excluding carboxylic acids is 1. The summed E-state index contributed by atoms with van der Waals surface area (Å²) in [4.78, 5) is 15.4. The predicted octanol–water partition coefficient (Wildman–Crippen LogP) is 6.21. The molecule has 1 aromatic heterocycles. The molecule has 2 aromatic carbocycles. The molecule has 0 spiro atoms. The van der Waals surface area contributed by atoms with E-state index in [9.17, 15) is 4.79 Å². The summed E-state index contributed by atoms with van der Waals surface area (Å²) in [5.74, 6) is 1.68. The molecule has 1 aliphatic heterocycles. The van der Waals surface area contributed by atoms with E-state index in [4.69, 9.17) is 21.1 Å². The number of methoxy groups -OCH3 is 1. The van der Waals surface area contributed by atoms with Crippen LogP contribution >= 0.6 is 24.0 Å². The number of hydrogen-bond acceptors (Lipinski definition) is 5. The van der Waals surface area contributed by atoms with Crippen molar-refractivity contribution < 1.29 is 14.3 Å². The van der Waals surface area contributed by atoms with E-state index in [0.717, 1.165) is 48.0 Å².